The van der Waals surface area contributed by atoms with Gasteiger partial charge in [-0.3, -0.25) is 19.3 Å². The van der Waals surface area contributed by atoms with Gasteiger partial charge in [-0.05, 0) is 79.5 Å². The summed E-state index contributed by atoms with van der Waals surface area (Å²) in [6, 6.07) is 32.6. The van der Waals surface area contributed by atoms with Gasteiger partial charge in [0.1, 0.15) is 11.3 Å². The monoisotopic (exact) mass is 743 g/mol. The molecule has 0 aliphatic carbocycles. The average molecular weight is 744 g/mol. The van der Waals surface area contributed by atoms with Crippen LogP contribution in [0.2, 0.25) is 0 Å². The number of carbonyl (C=O) groups is 3. The molecule has 3 N–H and O–H groups in total. The normalized spacial score (nSPS) is 19.7. The Labute approximate surface area is 322 Å². The van der Waals surface area contributed by atoms with Gasteiger partial charge in [-0.15, -0.1) is 0 Å². The third-order valence-electron chi connectivity index (χ3n) is 11.3. The average Bonchev–Trinajstić information content (AvgIpc) is 3.61. The molecule has 0 aromatic heterocycles. The molecule has 2 fully saturated rings. The molecular weight excluding hydrogens is 695 g/mol. The number of piperidine rings is 1. The van der Waals surface area contributed by atoms with Crippen LogP contribution < -0.4 is 24.8 Å². The number of anilines is 3. The van der Waals surface area contributed by atoms with Crippen molar-refractivity contribution < 1.29 is 29.3 Å². The molecule has 0 radical (unpaired) electrons. The molecular formula is C44H49N5O6. The quantitative estimate of drug-likeness (QED) is 0.164. The minimum absolute atomic E-state index is 0.0448. The van der Waals surface area contributed by atoms with Crippen LogP contribution in [0.5, 0.6) is 5.75 Å². The summed E-state index contributed by atoms with van der Waals surface area (Å²) in [7, 11) is 1.54. The summed E-state index contributed by atoms with van der Waals surface area (Å²) in [5.41, 5.74) is 2.08. The Balaban J connectivity index is 1.08. The lowest BCUT2D eigenvalue weighted by molar-refractivity contribution is -0.139. The summed E-state index contributed by atoms with van der Waals surface area (Å²) in [6.45, 7) is 4.36. The molecule has 286 valence electrons. The minimum Gasteiger partial charge on any atom is -0.497 e. The second kappa shape index (κ2) is 16.1. The third kappa shape index (κ3) is 7.23. The van der Waals surface area contributed by atoms with Gasteiger partial charge in [0.05, 0.1) is 32.6 Å². The van der Waals surface area contributed by atoms with Crippen LogP contribution in [0.1, 0.15) is 42.9 Å². The van der Waals surface area contributed by atoms with Crippen LogP contribution in [-0.2, 0) is 33.1 Å². The number of methoxy groups -OCH3 is 1. The van der Waals surface area contributed by atoms with Crippen molar-refractivity contribution in [2.45, 2.75) is 50.4 Å². The van der Waals surface area contributed by atoms with Crippen molar-refractivity contribution in [3.8, 4) is 5.75 Å². The van der Waals surface area contributed by atoms with Gasteiger partial charge in [0, 0.05) is 42.4 Å². The summed E-state index contributed by atoms with van der Waals surface area (Å²) in [5, 5.41) is 25.3. The van der Waals surface area contributed by atoms with Gasteiger partial charge in [-0.1, -0.05) is 79.7 Å². The van der Waals surface area contributed by atoms with Crippen molar-refractivity contribution in [3.63, 3.8) is 0 Å². The lowest BCUT2D eigenvalue weighted by Gasteiger charge is -2.39. The van der Waals surface area contributed by atoms with Crippen LogP contribution in [0.15, 0.2) is 115 Å². The van der Waals surface area contributed by atoms with Gasteiger partial charge >= 0.3 is 0 Å². The maximum atomic E-state index is 14.3. The maximum Gasteiger partial charge on any atom is 0.264 e. The topological polar surface area (TPSA) is 126 Å². The first-order valence-corrected chi connectivity index (χ1v) is 19.0. The number of aliphatic hydroxyl groups is 2. The van der Waals surface area contributed by atoms with E-state index in [0.29, 0.717) is 30.2 Å². The fraction of sp³-hybridized carbons (Fsp3) is 0.341. The molecule has 55 heavy (non-hydrogen) atoms. The van der Waals surface area contributed by atoms with Crippen LogP contribution in [0.3, 0.4) is 0 Å². The van der Waals surface area contributed by atoms with E-state index in [9.17, 15) is 24.6 Å². The first-order valence-electron chi connectivity index (χ1n) is 19.0. The first kappa shape index (κ1) is 37.8. The van der Waals surface area contributed by atoms with Crippen LogP contribution in [0.4, 0.5) is 17.1 Å². The molecule has 2 atom stereocenters. The molecule has 3 amide bonds. The lowest BCUT2D eigenvalue weighted by Crippen LogP contribution is -2.55. The standard InChI is InChI=1S/C44H49N5O6/c1-32(10-9-15-40(51)46(26-27-50)29-33-11-5-3-6-12-33)44(54)38-28-37(55-2)20-21-39(38)47(42(44)53)30-34-16-18-35(19-17-34)48-31-49(36-13-7-4-8-14-36)43(41(48)52)22-24-45-25-23-43/h3-14,16-21,28,32,45,50,54H,15,22-27,29-31H2,1-2H3/b10-9+/t32-,44+/m1/s1. The Morgan fingerprint density at radius 2 is 1.60 bits per heavy atom. The van der Waals surface area contributed by atoms with E-state index in [-0.39, 0.29) is 37.9 Å². The van der Waals surface area contributed by atoms with Crippen LogP contribution in [0.25, 0.3) is 0 Å². The molecule has 11 nitrogen and oxygen atoms in total. The first-order chi connectivity index (χ1) is 26.7. The smallest absolute Gasteiger partial charge is 0.264 e. The van der Waals surface area contributed by atoms with Crippen molar-refractivity contribution >= 4 is 34.8 Å². The fourth-order valence-electron chi connectivity index (χ4n) is 8.20. The number of fused-ring (bicyclic) bond motifs is 1. The van der Waals surface area contributed by atoms with E-state index in [4.69, 9.17) is 4.74 Å². The fourth-order valence-corrected chi connectivity index (χ4v) is 8.20. The molecule has 2 saturated heterocycles. The number of amides is 3. The lowest BCUT2D eigenvalue weighted by atomic mass is 9.83. The van der Waals surface area contributed by atoms with Gasteiger partial charge in [-0.25, -0.2) is 0 Å². The Bertz CT molecular complexity index is 2020. The van der Waals surface area contributed by atoms with Crippen LogP contribution in [-0.4, -0.2) is 78.4 Å². The number of aliphatic hydroxyl groups excluding tert-OH is 1. The number of ether oxygens (including phenoxy) is 1. The van der Waals surface area contributed by atoms with Gasteiger partial charge < -0.3 is 35.0 Å². The number of hydrogen-bond donors (Lipinski definition) is 3. The zero-order valence-corrected chi connectivity index (χ0v) is 31.4. The van der Waals surface area contributed by atoms with E-state index in [2.05, 4.69) is 22.3 Å². The third-order valence-corrected chi connectivity index (χ3v) is 11.3. The van der Waals surface area contributed by atoms with E-state index in [1.807, 2.05) is 77.7 Å². The predicted octanol–water partition coefficient (Wildman–Crippen LogP) is 4.97. The van der Waals surface area contributed by atoms with E-state index in [1.165, 1.54) is 7.11 Å². The zero-order valence-electron chi connectivity index (χ0n) is 31.4. The van der Waals surface area contributed by atoms with Crippen molar-refractivity contribution in [2.75, 3.05) is 54.7 Å². The Hall–Kier alpha value is -5.49. The Kier molecular flexibility index (Phi) is 11.1. The van der Waals surface area contributed by atoms with Gasteiger partial charge in [-0.2, -0.15) is 0 Å². The number of nitrogens with one attached hydrogen (secondary N) is 1. The van der Waals surface area contributed by atoms with Crippen molar-refractivity contribution in [2.24, 2.45) is 5.92 Å². The van der Waals surface area contributed by atoms with Gasteiger partial charge in [0.2, 0.25) is 5.91 Å². The molecule has 1 spiro atoms. The second-order valence-electron chi connectivity index (χ2n) is 14.6. The molecule has 4 aromatic carbocycles. The highest BCUT2D eigenvalue weighted by molar-refractivity contribution is 6.08. The number of carbonyl (C=O) groups excluding carboxylic acids is 3. The molecule has 0 bridgehead atoms. The van der Waals surface area contributed by atoms with E-state index >= 15 is 0 Å². The highest BCUT2D eigenvalue weighted by atomic mass is 16.5. The van der Waals surface area contributed by atoms with E-state index in [1.54, 1.807) is 47.1 Å². The second-order valence-corrected chi connectivity index (χ2v) is 14.6. The summed E-state index contributed by atoms with van der Waals surface area (Å²) in [5.74, 6) is -0.742. The van der Waals surface area contributed by atoms with Crippen molar-refractivity contribution in [1.82, 2.24) is 10.2 Å². The molecule has 0 saturated carbocycles. The molecule has 3 aliphatic rings. The highest BCUT2D eigenvalue weighted by Gasteiger charge is 2.54. The number of para-hydroxylation sites is 1. The van der Waals surface area contributed by atoms with E-state index < -0.39 is 23.0 Å². The van der Waals surface area contributed by atoms with E-state index in [0.717, 1.165) is 48.4 Å². The molecule has 4 aromatic rings. The summed E-state index contributed by atoms with van der Waals surface area (Å²) < 4.78 is 5.49. The number of benzene rings is 4. The largest absolute Gasteiger partial charge is 0.497 e. The summed E-state index contributed by atoms with van der Waals surface area (Å²) in [4.78, 5) is 49.0. The van der Waals surface area contributed by atoms with Crippen molar-refractivity contribution in [1.29, 1.82) is 0 Å². The van der Waals surface area contributed by atoms with Crippen molar-refractivity contribution in [3.05, 3.63) is 132 Å². The highest BCUT2D eigenvalue weighted by Crippen LogP contribution is 2.47. The number of nitrogens with zero attached hydrogens (tertiary/aromatic N) is 4. The number of rotatable bonds is 13. The van der Waals surface area contributed by atoms with Gasteiger partial charge in [0.25, 0.3) is 11.8 Å². The molecule has 3 aliphatic heterocycles. The van der Waals surface area contributed by atoms with Crippen LogP contribution >= 0.6 is 0 Å². The number of hydrogen-bond acceptors (Lipinski definition) is 8. The zero-order chi connectivity index (χ0) is 38.6. The molecule has 7 rings (SSSR count). The van der Waals surface area contributed by atoms with Gasteiger partial charge in [0.15, 0.2) is 5.60 Å². The van der Waals surface area contributed by atoms with Crippen LogP contribution in [0, 0.1) is 5.92 Å². The molecule has 11 heteroatoms. The minimum atomic E-state index is -1.91. The summed E-state index contributed by atoms with van der Waals surface area (Å²) >= 11 is 0. The maximum absolute atomic E-state index is 14.3. The Morgan fingerprint density at radius 1 is 0.909 bits per heavy atom. The molecule has 0 unspecified atom stereocenters. The molecule has 3 heterocycles. The summed E-state index contributed by atoms with van der Waals surface area (Å²) in [6.07, 6.45) is 4.88. The predicted molar refractivity (Wildman–Crippen MR) is 212 cm³/mol. The SMILES string of the molecule is COc1ccc2c(c1)[C@@](O)([C@H](C)/C=C/CC(=O)N(CCO)Cc1ccccc1)C(=O)N2Cc1ccc(N2CN(c3ccccc3)C3(CCNCC3)C2=O)cc1. The Morgan fingerprint density at radius 3 is 2.27 bits per heavy atom.